The monoisotopic (exact) mass is 442 g/mol. The molecule has 2 N–H and O–H groups in total. The summed E-state index contributed by atoms with van der Waals surface area (Å²) in [6.07, 6.45) is -3.16. The fourth-order valence-electron chi connectivity index (χ4n) is 2.61. The van der Waals surface area contributed by atoms with Crippen LogP contribution < -0.4 is 5.14 Å². The van der Waals surface area contributed by atoms with Crippen molar-refractivity contribution < 1.29 is 35.9 Å². The molecule has 1 unspecified atom stereocenters. The van der Waals surface area contributed by atoms with Crippen LogP contribution >= 0.6 is 11.6 Å². The fourth-order valence-corrected chi connectivity index (χ4v) is 3.35. The zero-order valence-electron chi connectivity index (χ0n) is 14.7. The normalized spacial score (nSPS) is 15.8. The minimum Gasteiger partial charge on any atom is -0.452 e. The molecule has 2 rings (SSSR count). The molecule has 1 saturated carbocycles. The molecule has 0 saturated heterocycles. The molecule has 1 atom stereocenters. The van der Waals surface area contributed by atoms with E-state index in [2.05, 4.69) is 0 Å². The number of carbonyl (C=O) groups is 2. The average molecular weight is 443 g/mol. The van der Waals surface area contributed by atoms with Gasteiger partial charge < -0.3 is 9.64 Å². The molecule has 0 aliphatic heterocycles. The smallest absolute Gasteiger partial charge is 0.406 e. The van der Waals surface area contributed by atoms with Crippen molar-refractivity contribution in [1.29, 1.82) is 0 Å². The van der Waals surface area contributed by atoms with Crippen molar-refractivity contribution in [3.8, 4) is 0 Å². The van der Waals surface area contributed by atoms with Crippen molar-refractivity contribution >= 4 is 33.5 Å². The molecule has 0 heterocycles. The van der Waals surface area contributed by atoms with Crippen molar-refractivity contribution in [2.24, 2.45) is 11.1 Å². The lowest BCUT2D eigenvalue weighted by molar-refractivity contribution is -0.167. The first-order chi connectivity index (χ1) is 12.8. The zero-order valence-corrected chi connectivity index (χ0v) is 16.3. The predicted molar refractivity (Wildman–Crippen MR) is 93.1 cm³/mol. The number of carbonyl (C=O) groups excluding carboxylic acids is 2. The van der Waals surface area contributed by atoms with Gasteiger partial charge in [0.1, 0.15) is 6.54 Å². The maximum absolute atomic E-state index is 12.8. The molecule has 0 spiro atoms. The third-order valence-corrected chi connectivity index (χ3v) is 5.52. The number of halogens is 4. The average Bonchev–Trinajstić information content (AvgIpc) is 3.40. The Morgan fingerprint density at radius 2 is 1.96 bits per heavy atom. The molecule has 7 nitrogen and oxygen atoms in total. The van der Waals surface area contributed by atoms with Crippen LogP contribution in [-0.2, 0) is 19.6 Å². The number of hydrogen-bond donors (Lipinski definition) is 1. The van der Waals surface area contributed by atoms with E-state index in [4.69, 9.17) is 21.5 Å². The highest BCUT2D eigenvalue weighted by Crippen LogP contribution is 2.36. The first kappa shape index (κ1) is 22.4. The van der Waals surface area contributed by atoms with E-state index in [1.165, 1.54) is 6.92 Å². The molecule has 0 radical (unpaired) electrons. The molecule has 0 aromatic heterocycles. The van der Waals surface area contributed by atoms with Crippen LogP contribution in [0.1, 0.15) is 30.1 Å². The number of hydrogen-bond acceptors (Lipinski definition) is 5. The van der Waals surface area contributed by atoms with E-state index < -0.39 is 52.2 Å². The molecular weight excluding hydrogens is 425 g/mol. The summed E-state index contributed by atoms with van der Waals surface area (Å²) in [5.41, 5.74) is -0.376. The van der Waals surface area contributed by atoms with Gasteiger partial charge in [-0.15, -0.1) is 0 Å². The third kappa shape index (κ3) is 6.08. The van der Waals surface area contributed by atoms with Gasteiger partial charge in [-0.25, -0.2) is 18.4 Å². The Kier molecular flexibility index (Phi) is 6.62. The summed E-state index contributed by atoms with van der Waals surface area (Å²) in [7, 11) is -4.12. The molecule has 1 fully saturated rings. The van der Waals surface area contributed by atoms with Gasteiger partial charge in [-0.3, -0.25) is 4.79 Å². The topological polar surface area (TPSA) is 107 Å². The lowest BCUT2D eigenvalue weighted by atomic mass is 10.2. The Hall–Kier alpha value is -1.85. The van der Waals surface area contributed by atoms with E-state index in [1.807, 2.05) is 0 Å². The molecule has 1 amide bonds. The summed E-state index contributed by atoms with van der Waals surface area (Å²) in [5.74, 6) is -2.19. The Morgan fingerprint density at radius 3 is 2.46 bits per heavy atom. The predicted octanol–water partition coefficient (Wildman–Crippen LogP) is 2.33. The Balaban J connectivity index is 2.10. The summed E-state index contributed by atoms with van der Waals surface area (Å²) < 4.78 is 65.9. The van der Waals surface area contributed by atoms with Crippen molar-refractivity contribution in [3.63, 3.8) is 0 Å². The first-order valence-electron chi connectivity index (χ1n) is 8.15. The second-order valence-electron chi connectivity index (χ2n) is 6.48. The largest absolute Gasteiger partial charge is 0.452 e. The zero-order chi connectivity index (χ0) is 21.3. The van der Waals surface area contributed by atoms with Crippen LogP contribution in [0.3, 0.4) is 0 Å². The minimum atomic E-state index is -4.60. The van der Waals surface area contributed by atoms with Crippen molar-refractivity contribution in [1.82, 2.24) is 4.90 Å². The number of alkyl halides is 3. The van der Waals surface area contributed by atoms with Gasteiger partial charge in [0.2, 0.25) is 10.0 Å². The van der Waals surface area contributed by atoms with Gasteiger partial charge in [0, 0.05) is 6.04 Å². The van der Waals surface area contributed by atoms with E-state index >= 15 is 0 Å². The first-order valence-corrected chi connectivity index (χ1v) is 10.1. The number of sulfonamides is 1. The molecule has 156 valence electrons. The highest BCUT2D eigenvalue weighted by atomic mass is 35.5. The van der Waals surface area contributed by atoms with E-state index in [1.54, 1.807) is 0 Å². The number of benzene rings is 1. The summed E-state index contributed by atoms with van der Waals surface area (Å²) in [5, 5.41) is 4.81. The van der Waals surface area contributed by atoms with Crippen molar-refractivity contribution in [3.05, 3.63) is 28.8 Å². The maximum Gasteiger partial charge on any atom is 0.406 e. The number of primary sulfonamides is 1. The highest BCUT2D eigenvalue weighted by Gasteiger charge is 2.40. The number of nitrogens with zero attached hydrogens (tertiary/aromatic N) is 1. The second kappa shape index (κ2) is 8.26. The van der Waals surface area contributed by atoms with Gasteiger partial charge >= 0.3 is 12.1 Å². The van der Waals surface area contributed by atoms with E-state index in [0.29, 0.717) is 4.90 Å². The van der Waals surface area contributed by atoms with Crippen LogP contribution in [0.4, 0.5) is 13.2 Å². The van der Waals surface area contributed by atoms with Gasteiger partial charge in [-0.1, -0.05) is 11.6 Å². The summed E-state index contributed by atoms with van der Waals surface area (Å²) in [6, 6.07) is 2.39. The molecule has 12 heteroatoms. The molecule has 1 aliphatic rings. The van der Waals surface area contributed by atoms with Crippen LogP contribution in [-0.4, -0.2) is 50.6 Å². The third-order valence-electron chi connectivity index (χ3n) is 4.28. The van der Waals surface area contributed by atoms with Gasteiger partial charge in [-0.2, -0.15) is 13.2 Å². The summed E-state index contributed by atoms with van der Waals surface area (Å²) >= 11 is 5.83. The van der Waals surface area contributed by atoms with Crippen molar-refractivity contribution in [2.75, 3.05) is 13.2 Å². The van der Waals surface area contributed by atoms with Gasteiger partial charge in [-0.05, 0) is 43.9 Å². The SMILES string of the molecule is CC(C1CC1)N(CC(F)(F)F)C(=O)COC(=O)c1cc(S(N)(=O)=O)ccc1Cl. The standard InChI is InChI=1S/C16H18ClF3N2O5S/c1-9(10-2-3-10)22(8-16(18,19)20)14(23)7-27-15(24)12-6-11(28(21,25)26)4-5-13(12)17/h4-6,9-10H,2-3,7-8H2,1H3,(H2,21,25,26). The van der Waals surface area contributed by atoms with Crippen LogP contribution in [0.15, 0.2) is 23.1 Å². The van der Waals surface area contributed by atoms with E-state index in [0.717, 1.165) is 31.0 Å². The van der Waals surface area contributed by atoms with E-state index in [9.17, 15) is 31.2 Å². The molecule has 1 aromatic rings. The Bertz CT molecular complexity index is 872. The fraction of sp³-hybridized carbons (Fsp3) is 0.500. The van der Waals surface area contributed by atoms with Crippen LogP contribution in [0.5, 0.6) is 0 Å². The van der Waals surface area contributed by atoms with Crippen LogP contribution in [0.25, 0.3) is 0 Å². The number of rotatable bonds is 7. The molecule has 28 heavy (non-hydrogen) atoms. The summed E-state index contributed by atoms with van der Waals surface area (Å²) in [4.78, 5) is 24.6. The molecule has 0 bridgehead atoms. The van der Waals surface area contributed by atoms with Gasteiger partial charge in [0.15, 0.2) is 6.61 Å². The lowest BCUT2D eigenvalue weighted by Crippen LogP contribution is -2.47. The number of esters is 1. The number of amides is 1. The molecule has 1 aliphatic carbocycles. The Labute approximate surface area is 164 Å². The summed E-state index contributed by atoms with van der Waals surface area (Å²) in [6.45, 7) is -0.889. The minimum absolute atomic E-state index is 0.0251. The quantitative estimate of drug-likeness (QED) is 0.652. The van der Waals surface area contributed by atoms with Crippen molar-refractivity contribution in [2.45, 2.75) is 36.9 Å². The Morgan fingerprint density at radius 1 is 1.36 bits per heavy atom. The lowest BCUT2D eigenvalue weighted by Gasteiger charge is -2.30. The molecular formula is C16H18ClF3N2O5S. The second-order valence-corrected chi connectivity index (χ2v) is 8.45. The highest BCUT2D eigenvalue weighted by molar-refractivity contribution is 7.89. The maximum atomic E-state index is 12.8. The number of nitrogens with two attached hydrogens (primary N) is 1. The molecule has 1 aromatic carbocycles. The van der Waals surface area contributed by atoms with Gasteiger partial charge in [0.05, 0.1) is 15.5 Å². The van der Waals surface area contributed by atoms with Crippen LogP contribution in [0, 0.1) is 5.92 Å². The number of ether oxygens (including phenoxy) is 1. The van der Waals surface area contributed by atoms with Gasteiger partial charge in [0.25, 0.3) is 5.91 Å². The van der Waals surface area contributed by atoms with Crippen LogP contribution in [0.2, 0.25) is 5.02 Å². The van der Waals surface area contributed by atoms with E-state index in [-0.39, 0.29) is 16.5 Å².